The summed E-state index contributed by atoms with van der Waals surface area (Å²) >= 11 is 2.83. The number of para-hydroxylation sites is 1. The van der Waals surface area contributed by atoms with E-state index in [2.05, 4.69) is 15.2 Å². The van der Waals surface area contributed by atoms with Gasteiger partial charge in [-0.25, -0.2) is 14.7 Å². The van der Waals surface area contributed by atoms with Gasteiger partial charge in [0, 0.05) is 11.1 Å². The summed E-state index contributed by atoms with van der Waals surface area (Å²) in [7, 11) is 0. The molecule has 0 radical (unpaired) electrons. The van der Waals surface area contributed by atoms with Crippen LogP contribution in [0.5, 0.6) is 0 Å². The maximum atomic E-state index is 11.9. The smallest absolute Gasteiger partial charge is 0.418 e. The van der Waals surface area contributed by atoms with Crippen LogP contribution < -0.4 is 4.90 Å². The molecule has 3 aromatic heterocycles. The Balaban J connectivity index is 1.51. The molecule has 9 heteroatoms. The quantitative estimate of drug-likeness (QED) is 0.425. The van der Waals surface area contributed by atoms with Crippen molar-refractivity contribution in [3.05, 3.63) is 72.9 Å². The lowest BCUT2D eigenvalue weighted by Crippen LogP contribution is -2.23. The van der Waals surface area contributed by atoms with Gasteiger partial charge in [-0.2, -0.15) is 0 Å². The molecule has 0 saturated carbocycles. The first-order valence-corrected chi connectivity index (χ1v) is 10.3. The topological polar surface area (TPSA) is 83.6 Å². The monoisotopic (exact) mass is 419 g/mol. The number of carboxylic acid groups (broad SMARTS) is 1. The number of anilines is 2. The molecule has 0 fully saturated rings. The molecular weight excluding hydrogens is 406 g/mol. The molecule has 0 atom stereocenters. The molecule has 0 aliphatic rings. The number of thiazole rings is 1. The summed E-state index contributed by atoms with van der Waals surface area (Å²) in [5, 5.41) is 19.3. The highest BCUT2D eigenvalue weighted by Crippen LogP contribution is 2.36. The Bertz CT molecular complexity index is 1330. The van der Waals surface area contributed by atoms with Crippen molar-refractivity contribution in [1.82, 2.24) is 19.6 Å². The molecule has 142 valence electrons. The summed E-state index contributed by atoms with van der Waals surface area (Å²) in [6.45, 7) is 0. The van der Waals surface area contributed by atoms with E-state index in [1.165, 1.54) is 28.0 Å². The highest BCUT2D eigenvalue weighted by Gasteiger charge is 2.21. The van der Waals surface area contributed by atoms with Crippen LogP contribution in [0.3, 0.4) is 0 Å². The lowest BCUT2D eigenvalue weighted by molar-refractivity contribution is 0.205. The Morgan fingerprint density at radius 2 is 1.86 bits per heavy atom. The second-order valence-electron chi connectivity index (χ2n) is 6.09. The second kappa shape index (κ2) is 7.19. The van der Waals surface area contributed by atoms with Gasteiger partial charge in [-0.05, 0) is 54.2 Å². The van der Waals surface area contributed by atoms with Crippen molar-refractivity contribution in [3.63, 3.8) is 0 Å². The minimum absolute atomic E-state index is 0.411. The largest absolute Gasteiger partial charge is 0.464 e. The Morgan fingerprint density at radius 1 is 1.03 bits per heavy atom. The van der Waals surface area contributed by atoms with Crippen LogP contribution in [0.1, 0.15) is 0 Å². The molecule has 7 nitrogen and oxygen atoms in total. The molecule has 3 heterocycles. The standard InChI is InChI=1S/C20H13N5O2S2/c26-20(27)25(13-6-2-1-3-7-13)18-21-15-10-9-14(12-16(15)29-18)28-19-23-22-17-8-4-5-11-24(17)19/h1-12H,(H,26,27). The molecule has 0 saturated heterocycles. The van der Waals surface area contributed by atoms with Gasteiger partial charge in [0.25, 0.3) is 0 Å². The molecule has 0 spiro atoms. The van der Waals surface area contributed by atoms with Crippen LogP contribution in [0.25, 0.3) is 15.9 Å². The predicted molar refractivity (Wildman–Crippen MR) is 113 cm³/mol. The Hall–Kier alpha value is -3.43. The summed E-state index contributed by atoms with van der Waals surface area (Å²) in [5.74, 6) is 0. The van der Waals surface area contributed by atoms with Crippen molar-refractivity contribution in [2.24, 2.45) is 0 Å². The van der Waals surface area contributed by atoms with Crippen LogP contribution in [0.2, 0.25) is 0 Å². The Kier molecular flexibility index (Phi) is 4.38. The number of fused-ring (bicyclic) bond motifs is 2. The van der Waals surface area contributed by atoms with Crippen molar-refractivity contribution in [1.29, 1.82) is 0 Å². The average molecular weight is 419 g/mol. The molecule has 0 unspecified atom stereocenters. The molecule has 1 N–H and O–H groups in total. The first-order valence-electron chi connectivity index (χ1n) is 8.65. The van der Waals surface area contributed by atoms with Crippen molar-refractivity contribution in [2.75, 3.05) is 4.90 Å². The van der Waals surface area contributed by atoms with E-state index in [4.69, 9.17) is 0 Å². The van der Waals surface area contributed by atoms with E-state index in [0.717, 1.165) is 25.9 Å². The number of aromatic nitrogens is 4. The number of amides is 1. The zero-order chi connectivity index (χ0) is 19.8. The molecule has 29 heavy (non-hydrogen) atoms. The average Bonchev–Trinajstić information content (AvgIpc) is 3.33. The molecule has 2 aromatic carbocycles. The number of hydrogen-bond donors (Lipinski definition) is 1. The van der Waals surface area contributed by atoms with Crippen molar-refractivity contribution in [3.8, 4) is 0 Å². The second-order valence-corrected chi connectivity index (χ2v) is 8.14. The van der Waals surface area contributed by atoms with Gasteiger partial charge in [0.15, 0.2) is 10.8 Å². The first-order chi connectivity index (χ1) is 14.2. The van der Waals surface area contributed by atoms with Gasteiger partial charge in [-0.3, -0.25) is 4.40 Å². The lowest BCUT2D eigenvalue weighted by atomic mass is 10.3. The molecule has 1 amide bonds. The molecule has 0 aliphatic heterocycles. The van der Waals surface area contributed by atoms with E-state index in [0.29, 0.717) is 10.8 Å². The van der Waals surface area contributed by atoms with E-state index >= 15 is 0 Å². The van der Waals surface area contributed by atoms with Crippen LogP contribution in [-0.4, -0.2) is 30.8 Å². The van der Waals surface area contributed by atoms with Crippen molar-refractivity contribution in [2.45, 2.75) is 10.1 Å². The first kappa shape index (κ1) is 17.7. The summed E-state index contributed by atoms with van der Waals surface area (Å²) in [4.78, 5) is 18.5. The van der Waals surface area contributed by atoms with Gasteiger partial charge >= 0.3 is 6.09 Å². The molecule has 0 bridgehead atoms. The highest BCUT2D eigenvalue weighted by atomic mass is 32.2. The molecule has 5 aromatic rings. The van der Waals surface area contributed by atoms with E-state index < -0.39 is 6.09 Å². The maximum Gasteiger partial charge on any atom is 0.418 e. The normalized spacial score (nSPS) is 11.2. The zero-order valence-electron chi connectivity index (χ0n) is 14.8. The Morgan fingerprint density at radius 3 is 2.69 bits per heavy atom. The van der Waals surface area contributed by atoms with E-state index in [9.17, 15) is 9.90 Å². The van der Waals surface area contributed by atoms with Gasteiger partial charge in [0.2, 0.25) is 5.13 Å². The fourth-order valence-electron chi connectivity index (χ4n) is 2.93. The minimum Gasteiger partial charge on any atom is -0.464 e. The molecule has 0 aliphatic carbocycles. The van der Waals surface area contributed by atoms with Crippen molar-refractivity contribution < 1.29 is 9.90 Å². The van der Waals surface area contributed by atoms with Gasteiger partial charge in [-0.1, -0.05) is 35.6 Å². The summed E-state index contributed by atoms with van der Waals surface area (Å²) in [6.07, 6.45) is 0.853. The number of carbonyl (C=O) groups is 1. The third kappa shape index (κ3) is 3.30. The summed E-state index contributed by atoms with van der Waals surface area (Å²) in [5.41, 5.74) is 2.10. The number of benzene rings is 2. The van der Waals surface area contributed by atoms with E-state index in [1.807, 2.05) is 53.1 Å². The van der Waals surface area contributed by atoms with Gasteiger partial charge < -0.3 is 5.11 Å². The number of hydrogen-bond acceptors (Lipinski definition) is 6. The van der Waals surface area contributed by atoms with Gasteiger partial charge in [-0.15, -0.1) is 10.2 Å². The van der Waals surface area contributed by atoms with Crippen LogP contribution in [0.4, 0.5) is 15.6 Å². The fourth-order valence-corrected chi connectivity index (χ4v) is 4.88. The van der Waals surface area contributed by atoms with E-state index in [-0.39, 0.29) is 0 Å². The van der Waals surface area contributed by atoms with Crippen molar-refractivity contribution >= 4 is 55.9 Å². The minimum atomic E-state index is -1.07. The van der Waals surface area contributed by atoms with Crippen LogP contribution in [-0.2, 0) is 0 Å². The number of rotatable bonds is 4. The zero-order valence-corrected chi connectivity index (χ0v) is 16.5. The lowest BCUT2D eigenvalue weighted by Gasteiger charge is -2.15. The highest BCUT2D eigenvalue weighted by molar-refractivity contribution is 7.99. The van der Waals surface area contributed by atoms with Gasteiger partial charge in [0.1, 0.15) is 0 Å². The number of pyridine rings is 1. The predicted octanol–water partition coefficient (Wildman–Crippen LogP) is 5.31. The van der Waals surface area contributed by atoms with Crippen LogP contribution in [0, 0.1) is 0 Å². The molecule has 5 rings (SSSR count). The fraction of sp³-hybridized carbons (Fsp3) is 0. The molecular formula is C20H13N5O2S2. The van der Waals surface area contributed by atoms with Gasteiger partial charge in [0.05, 0.1) is 15.9 Å². The number of nitrogens with zero attached hydrogens (tertiary/aromatic N) is 5. The van der Waals surface area contributed by atoms with Crippen LogP contribution in [0.15, 0.2) is 83.0 Å². The maximum absolute atomic E-state index is 11.9. The third-order valence-corrected chi connectivity index (χ3v) is 6.19. The Labute approximate surface area is 173 Å². The summed E-state index contributed by atoms with van der Waals surface area (Å²) in [6, 6.07) is 20.5. The third-order valence-electron chi connectivity index (χ3n) is 4.24. The SMILES string of the molecule is O=C(O)N(c1ccccc1)c1nc2ccc(Sc3nnc4ccccn34)cc2s1. The summed E-state index contributed by atoms with van der Waals surface area (Å²) < 4.78 is 2.83. The van der Waals surface area contributed by atoms with E-state index in [1.54, 1.807) is 24.3 Å². The van der Waals surface area contributed by atoms with Crippen LogP contribution >= 0.6 is 23.1 Å².